The van der Waals surface area contributed by atoms with Crippen molar-refractivity contribution >= 4 is 16.7 Å². The quantitative estimate of drug-likeness (QED) is 0.713. The molecular weight excluding hydrogens is 381 g/mol. The molecule has 2 aliphatic heterocycles. The smallest absolute Gasteiger partial charge is 0.272 e. The SMILES string of the molecule is C[C@H](C(=O)N1[C@@H]2CC[C@@H]1CC(c1ccc(F)cc1)C2)c1n[nH]c(=O)c2ccccc12. The molecule has 0 aliphatic carbocycles. The maximum absolute atomic E-state index is 13.5. The predicted octanol–water partition coefficient (Wildman–Crippen LogP) is 4.10. The lowest BCUT2D eigenvalue weighted by Gasteiger charge is -2.40. The summed E-state index contributed by atoms with van der Waals surface area (Å²) in [4.78, 5) is 27.7. The average Bonchev–Trinajstić information content (AvgIpc) is 3.03. The molecule has 5 nitrogen and oxygen atoms in total. The lowest BCUT2D eigenvalue weighted by atomic mass is 9.84. The van der Waals surface area contributed by atoms with Gasteiger partial charge in [0.1, 0.15) is 5.82 Å². The van der Waals surface area contributed by atoms with Gasteiger partial charge in [-0.05, 0) is 62.3 Å². The van der Waals surface area contributed by atoms with E-state index in [1.165, 1.54) is 12.1 Å². The van der Waals surface area contributed by atoms with E-state index in [9.17, 15) is 14.0 Å². The number of nitrogens with zero attached hydrogens (tertiary/aromatic N) is 2. The van der Waals surface area contributed by atoms with E-state index in [4.69, 9.17) is 0 Å². The number of amides is 1. The van der Waals surface area contributed by atoms with Gasteiger partial charge in [0.05, 0.1) is 17.0 Å². The lowest BCUT2D eigenvalue weighted by Crippen LogP contribution is -2.47. The van der Waals surface area contributed by atoms with Gasteiger partial charge in [-0.3, -0.25) is 9.59 Å². The first-order valence-corrected chi connectivity index (χ1v) is 10.6. The number of aromatic nitrogens is 2. The van der Waals surface area contributed by atoms with Gasteiger partial charge < -0.3 is 4.90 Å². The molecule has 1 N–H and O–H groups in total. The van der Waals surface area contributed by atoms with E-state index < -0.39 is 5.92 Å². The summed E-state index contributed by atoms with van der Waals surface area (Å²) in [6, 6.07) is 14.5. The first-order valence-electron chi connectivity index (χ1n) is 10.6. The van der Waals surface area contributed by atoms with Crippen LogP contribution in [0.3, 0.4) is 0 Å². The summed E-state index contributed by atoms with van der Waals surface area (Å²) in [7, 11) is 0. The fraction of sp³-hybridized carbons (Fsp3) is 0.375. The van der Waals surface area contributed by atoms with Crippen LogP contribution in [-0.4, -0.2) is 33.1 Å². The Morgan fingerprint density at radius 3 is 2.37 bits per heavy atom. The standard InChI is InChI=1S/C24H24FN3O2/c1-14(22-20-4-2-3-5-21(20)23(29)27-26-22)24(30)28-18-10-11-19(28)13-16(12-18)15-6-8-17(25)9-7-15/h2-9,14,16,18-19H,10-13H2,1H3,(H,27,29)/t14-,18+,19+/m0/s1. The lowest BCUT2D eigenvalue weighted by molar-refractivity contribution is -0.137. The highest BCUT2D eigenvalue weighted by atomic mass is 19.1. The van der Waals surface area contributed by atoms with E-state index in [1.807, 2.05) is 37.3 Å². The first kappa shape index (κ1) is 19.0. The van der Waals surface area contributed by atoms with Gasteiger partial charge in [0.2, 0.25) is 5.91 Å². The van der Waals surface area contributed by atoms with E-state index in [0.717, 1.165) is 36.6 Å². The molecule has 3 atom stereocenters. The molecule has 0 spiro atoms. The molecule has 3 heterocycles. The van der Waals surface area contributed by atoms with Crippen molar-refractivity contribution in [3.63, 3.8) is 0 Å². The Kier molecular flexibility index (Phi) is 4.65. The maximum atomic E-state index is 13.5. The molecule has 154 valence electrons. The van der Waals surface area contributed by atoms with Crippen LogP contribution in [0, 0.1) is 5.82 Å². The zero-order valence-electron chi connectivity index (χ0n) is 16.8. The Hall–Kier alpha value is -3.02. The number of benzene rings is 2. The first-order chi connectivity index (χ1) is 14.5. The molecule has 0 unspecified atom stereocenters. The third-order valence-corrected chi connectivity index (χ3v) is 6.84. The molecule has 0 radical (unpaired) electrons. The Balaban J connectivity index is 1.41. The van der Waals surface area contributed by atoms with Crippen LogP contribution in [0.4, 0.5) is 4.39 Å². The van der Waals surface area contributed by atoms with Crippen LogP contribution >= 0.6 is 0 Å². The number of aromatic amines is 1. The van der Waals surface area contributed by atoms with Crippen molar-refractivity contribution in [2.75, 3.05) is 0 Å². The molecule has 3 aromatic rings. The highest BCUT2D eigenvalue weighted by Gasteiger charge is 2.45. The van der Waals surface area contributed by atoms with Crippen LogP contribution in [-0.2, 0) is 4.79 Å². The van der Waals surface area contributed by atoms with Crippen molar-refractivity contribution in [2.45, 2.75) is 56.5 Å². The summed E-state index contributed by atoms with van der Waals surface area (Å²) in [5, 5.41) is 8.08. The Bertz CT molecular complexity index is 1140. The topological polar surface area (TPSA) is 66.1 Å². The van der Waals surface area contributed by atoms with Gasteiger partial charge in [-0.25, -0.2) is 9.49 Å². The summed E-state index contributed by atoms with van der Waals surface area (Å²) in [6.07, 6.45) is 3.81. The van der Waals surface area contributed by atoms with Crippen LogP contribution in [0.15, 0.2) is 53.3 Å². The van der Waals surface area contributed by atoms with Crippen molar-refractivity contribution in [2.24, 2.45) is 0 Å². The number of carbonyl (C=O) groups excluding carboxylic acids is 1. The van der Waals surface area contributed by atoms with E-state index in [-0.39, 0.29) is 29.4 Å². The van der Waals surface area contributed by atoms with Gasteiger partial charge >= 0.3 is 0 Å². The summed E-state index contributed by atoms with van der Waals surface area (Å²) >= 11 is 0. The van der Waals surface area contributed by atoms with Crippen LogP contribution in [0.5, 0.6) is 0 Å². The number of fused-ring (bicyclic) bond motifs is 3. The second kappa shape index (κ2) is 7.35. The molecule has 1 amide bonds. The third kappa shape index (κ3) is 3.11. The monoisotopic (exact) mass is 405 g/mol. The molecule has 2 aliphatic rings. The van der Waals surface area contributed by atoms with Crippen LogP contribution in [0.1, 0.15) is 55.7 Å². The highest BCUT2D eigenvalue weighted by Crippen LogP contribution is 2.44. The Morgan fingerprint density at radius 1 is 1.07 bits per heavy atom. The molecule has 2 aromatic carbocycles. The number of rotatable bonds is 3. The minimum atomic E-state index is -0.433. The molecule has 6 heteroatoms. The molecule has 0 saturated carbocycles. The van der Waals surface area contributed by atoms with Gasteiger partial charge in [-0.2, -0.15) is 5.10 Å². The predicted molar refractivity (Wildman–Crippen MR) is 113 cm³/mol. The van der Waals surface area contributed by atoms with Gasteiger partial charge in [-0.1, -0.05) is 30.3 Å². The summed E-state index contributed by atoms with van der Waals surface area (Å²) in [5.41, 5.74) is 1.53. The molecule has 5 rings (SSSR count). The molecule has 30 heavy (non-hydrogen) atoms. The number of hydrogen-bond donors (Lipinski definition) is 1. The van der Waals surface area contributed by atoms with Gasteiger partial charge in [-0.15, -0.1) is 0 Å². The van der Waals surface area contributed by atoms with Crippen molar-refractivity contribution in [1.29, 1.82) is 0 Å². The van der Waals surface area contributed by atoms with E-state index in [2.05, 4.69) is 15.1 Å². The van der Waals surface area contributed by atoms with Gasteiger partial charge in [0.25, 0.3) is 5.56 Å². The van der Waals surface area contributed by atoms with E-state index in [0.29, 0.717) is 17.0 Å². The molecule has 1 aromatic heterocycles. The highest BCUT2D eigenvalue weighted by molar-refractivity contribution is 5.91. The maximum Gasteiger partial charge on any atom is 0.272 e. The molecule has 2 fully saturated rings. The fourth-order valence-electron chi connectivity index (χ4n) is 5.35. The molecule has 2 saturated heterocycles. The summed E-state index contributed by atoms with van der Waals surface area (Å²) < 4.78 is 13.3. The molecular formula is C24H24FN3O2. The van der Waals surface area contributed by atoms with Crippen molar-refractivity contribution in [3.05, 3.63) is 76.0 Å². The number of piperidine rings is 1. The number of hydrogen-bond acceptors (Lipinski definition) is 3. The number of halogens is 1. The van der Waals surface area contributed by atoms with E-state index in [1.54, 1.807) is 6.07 Å². The minimum absolute atomic E-state index is 0.0739. The van der Waals surface area contributed by atoms with Gasteiger partial charge in [0.15, 0.2) is 0 Å². The van der Waals surface area contributed by atoms with Crippen LogP contribution in [0.2, 0.25) is 0 Å². The Morgan fingerprint density at radius 2 is 1.70 bits per heavy atom. The summed E-state index contributed by atoms with van der Waals surface area (Å²) in [6.45, 7) is 1.88. The molecule has 2 bridgehead atoms. The van der Waals surface area contributed by atoms with Crippen molar-refractivity contribution < 1.29 is 9.18 Å². The zero-order valence-corrected chi connectivity index (χ0v) is 16.8. The van der Waals surface area contributed by atoms with Gasteiger partial charge in [0, 0.05) is 17.5 Å². The number of carbonyl (C=O) groups is 1. The fourth-order valence-corrected chi connectivity index (χ4v) is 5.35. The number of H-pyrrole nitrogens is 1. The minimum Gasteiger partial charge on any atom is -0.336 e. The second-order valence-electron chi connectivity index (χ2n) is 8.56. The van der Waals surface area contributed by atoms with Crippen LogP contribution in [0.25, 0.3) is 10.8 Å². The third-order valence-electron chi connectivity index (χ3n) is 6.84. The average molecular weight is 405 g/mol. The number of nitrogens with one attached hydrogen (secondary N) is 1. The van der Waals surface area contributed by atoms with Crippen molar-refractivity contribution in [3.8, 4) is 0 Å². The van der Waals surface area contributed by atoms with Crippen molar-refractivity contribution in [1.82, 2.24) is 15.1 Å². The second-order valence-corrected chi connectivity index (χ2v) is 8.56. The van der Waals surface area contributed by atoms with E-state index >= 15 is 0 Å². The normalized spacial score (nSPS) is 24.2. The zero-order chi connectivity index (χ0) is 20.8. The summed E-state index contributed by atoms with van der Waals surface area (Å²) in [5.74, 6) is -0.222. The largest absolute Gasteiger partial charge is 0.336 e. The Labute approximate surface area is 173 Å². The van der Waals surface area contributed by atoms with Crippen LogP contribution < -0.4 is 5.56 Å².